The number of aryl methyl sites for hydroxylation is 1. The van der Waals surface area contributed by atoms with Crippen LogP contribution in [0.4, 0.5) is 0 Å². The van der Waals surface area contributed by atoms with Gasteiger partial charge in [-0.1, -0.05) is 12.1 Å². The molecule has 24 heavy (non-hydrogen) atoms. The number of benzene rings is 1. The molecular weight excluding hydrogens is 312 g/mol. The standard InChI is InChI=1S/C17H22N2O5/c1-11-9-19(10-14(24-11)17(22)23)15(20)7-6-12-4-3-5-13(8-12)16(21)18-2/h3-5,8,11,14H,6-7,9-10H2,1-2H3,(H,18,21)(H,22,23)/t11-,14?/m1/s1. The maximum Gasteiger partial charge on any atom is 0.334 e. The predicted molar refractivity (Wildman–Crippen MR) is 86.7 cm³/mol. The zero-order chi connectivity index (χ0) is 17.7. The van der Waals surface area contributed by atoms with Crippen LogP contribution in [0.2, 0.25) is 0 Å². The van der Waals surface area contributed by atoms with Gasteiger partial charge in [0.2, 0.25) is 5.91 Å². The Morgan fingerprint density at radius 1 is 1.33 bits per heavy atom. The number of nitrogens with zero attached hydrogens (tertiary/aromatic N) is 1. The fourth-order valence-corrected chi connectivity index (χ4v) is 2.71. The lowest BCUT2D eigenvalue weighted by Crippen LogP contribution is -2.51. The molecule has 7 heteroatoms. The van der Waals surface area contributed by atoms with E-state index < -0.39 is 12.1 Å². The Morgan fingerprint density at radius 2 is 2.08 bits per heavy atom. The molecule has 1 aliphatic heterocycles. The number of aliphatic carboxylic acids is 1. The fraction of sp³-hybridized carbons (Fsp3) is 0.471. The van der Waals surface area contributed by atoms with Crippen molar-refractivity contribution in [1.29, 1.82) is 0 Å². The number of rotatable bonds is 5. The van der Waals surface area contributed by atoms with Crippen LogP contribution in [-0.4, -0.2) is 60.1 Å². The van der Waals surface area contributed by atoms with E-state index in [0.29, 0.717) is 18.5 Å². The number of ether oxygens (including phenoxy) is 1. The summed E-state index contributed by atoms with van der Waals surface area (Å²) in [5, 5.41) is 11.6. The lowest BCUT2D eigenvalue weighted by atomic mass is 10.0. The van der Waals surface area contributed by atoms with Crippen LogP contribution in [0.1, 0.15) is 29.3 Å². The summed E-state index contributed by atoms with van der Waals surface area (Å²) in [6, 6.07) is 7.11. The fourth-order valence-electron chi connectivity index (χ4n) is 2.71. The molecule has 1 unspecified atom stereocenters. The van der Waals surface area contributed by atoms with Gasteiger partial charge < -0.3 is 20.1 Å². The molecule has 0 saturated carbocycles. The first-order valence-electron chi connectivity index (χ1n) is 7.87. The Bertz CT molecular complexity index is 631. The highest BCUT2D eigenvalue weighted by Gasteiger charge is 2.32. The van der Waals surface area contributed by atoms with E-state index in [1.165, 1.54) is 4.90 Å². The second-order valence-corrected chi connectivity index (χ2v) is 5.85. The zero-order valence-corrected chi connectivity index (χ0v) is 13.8. The number of hydrogen-bond acceptors (Lipinski definition) is 4. The summed E-state index contributed by atoms with van der Waals surface area (Å²) in [5.41, 5.74) is 1.44. The molecule has 0 radical (unpaired) electrons. The van der Waals surface area contributed by atoms with Crippen molar-refractivity contribution in [1.82, 2.24) is 10.2 Å². The van der Waals surface area contributed by atoms with Gasteiger partial charge in [0.1, 0.15) is 0 Å². The minimum atomic E-state index is -1.06. The minimum Gasteiger partial charge on any atom is -0.479 e. The smallest absolute Gasteiger partial charge is 0.334 e. The summed E-state index contributed by atoms with van der Waals surface area (Å²) in [6.07, 6.45) is -0.529. The highest BCUT2D eigenvalue weighted by molar-refractivity contribution is 5.94. The molecule has 2 rings (SSSR count). The Kier molecular flexibility index (Phi) is 5.92. The number of carbonyl (C=O) groups excluding carboxylic acids is 2. The van der Waals surface area contributed by atoms with Gasteiger partial charge >= 0.3 is 5.97 Å². The third-order valence-electron chi connectivity index (χ3n) is 3.93. The van der Waals surface area contributed by atoms with Gasteiger partial charge in [0.25, 0.3) is 5.91 Å². The van der Waals surface area contributed by atoms with E-state index >= 15 is 0 Å². The van der Waals surface area contributed by atoms with E-state index in [1.54, 1.807) is 32.2 Å². The number of morpholine rings is 1. The molecule has 7 nitrogen and oxygen atoms in total. The summed E-state index contributed by atoms with van der Waals surface area (Å²) in [4.78, 5) is 36.6. The Labute approximate surface area is 140 Å². The second-order valence-electron chi connectivity index (χ2n) is 5.85. The minimum absolute atomic E-state index is 0.0663. The average Bonchev–Trinajstić information content (AvgIpc) is 2.58. The van der Waals surface area contributed by atoms with Gasteiger partial charge in [-0.15, -0.1) is 0 Å². The largest absolute Gasteiger partial charge is 0.479 e. The van der Waals surface area contributed by atoms with Crippen LogP contribution < -0.4 is 5.32 Å². The molecule has 0 bridgehead atoms. The molecule has 1 aromatic carbocycles. The lowest BCUT2D eigenvalue weighted by molar-refractivity contribution is -0.166. The van der Waals surface area contributed by atoms with Crippen LogP contribution in [0.5, 0.6) is 0 Å². The third kappa shape index (κ3) is 4.55. The van der Waals surface area contributed by atoms with E-state index in [0.717, 1.165) is 5.56 Å². The number of amides is 2. The first-order chi connectivity index (χ1) is 11.4. The van der Waals surface area contributed by atoms with Crippen molar-refractivity contribution in [3.8, 4) is 0 Å². The van der Waals surface area contributed by atoms with Gasteiger partial charge in [0.05, 0.1) is 12.6 Å². The maximum absolute atomic E-state index is 12.4. The Balaban J connectivity index is 1.95. The van der Waals surface area contributed by atoms with Crippen molar-refractivity contribution in [3.05, 3.63) is 35.4 Å². The summed E-state index contributed by atoms with van der Waals surface area (Å²) in [5.74, 6) is -1.34. The molecule has 1 fully saturated rings. The monoisotopic (exact) mass is 334 g/mol. The number of hydrogen-bond donors (Lipinski definition) is 2. The number of carboxylic acid groups (broad SMARTS) is 1. The Morgan fingerprint density at radius 3 is 2.75 bits per heavy atom. The van der Waals surface area contributed by atoms with Crippen molar-refractivity contribution in [3.63, 3.8) is 0 Å². The van der Waals surface area contributed by atoms with E-state index in [2.05, 4.69) is 5.32 Å². The van der Waals surface area contributed by atoms with Crippen molar-refractivity contribution in [2.24, 2.45) is 0 Å². The average molecular weight is 334 g/mol. The summed E-state index contributed by atoms with van der Waals surface area (Å²) in [6.45, 7) is 2.21. The molecule has 1 aliphatic rings. The second kappa shape index (κ2) is 7.92. The van der Waals surface area contributed by atoms with Crippen LogP contribution >= 0.6 is 0 Å². The summed E-state index contributed by atoms with van der Waals surface area (Å²) < 4.78 is 5.31. The van der Waals surface area contributed by atoms with Gasteiger partial charge in [-0.3, -0.25) is 9.59 Å². The first kappa shape index (κ1) is 17.9. The van der Waals surface area contributed by atoms with Crippen LogP contribution in [0.25, 0.3) is 0 Å². The molecule has 1 saturated heterocycles. The molecule has 130 valence electrons. The topological polar surface area (TPSA) is 95.9 Å². The Hall–Kier alpha value is -2.41. The molecule has 1 aromatic rings. The van der Waals surface area contributed by atoms with Gasteiger partial charge in [0, 0.05) is 25.6 Å². The predicted octanol–water partition coefficient (Wildman–Crippen LogP) is 0.679. The van der Waals surface area contributed by atoms with Gasteiger partial charge in [0.15, 0.2) is 6.10 Å². The van der Waals surface area contributed by atoms with Crippen LogP contribution in [0.3, 0.4) is 0 Å². The van der Waals surface area contributed by atoms with E-state index in [4.69, 9.17) is 9.84 Å². The number of nitrogens with one attached hydrogen (secondary N) is 1. The first-order valence-corrected chi connectivity index (χ1v) is 7.87. The molecule has 2 atom stereocenters. The third-order valence-corrected chi connectivity index (χ3v) is 3.93. The van der Waals surface area contributed by atoms with E-state index in [9.17, 15) is 14.4 Å². The van der Waals surface area contributed by atoms with Crippen LogP contribution in [0, 0.1) is 0 Å². The molecular formula is C17H22N2O5. The molecule has 0 spiro atoms. The van der Waals surface area contributed by atoms with Crippen molar-refractivity contribution < 1.29 is 24.2 Å². The zero-order valence-electron chi connectivity index (χ0n) is 13.8. The van der Waals surface area contributed by atoms with Crippen molar-refractivity contribution >= 4 is 17.8 Å². The maximum atomic E-state index is 12.4. The lowest BCUT2D eigenvalue weighted by Gasteiger charge is -2.35. The highest BCUT2D eigenvalue weighted by Crippen LogP contribution is 2.14. The number of carboxylic acids is 1. The van der Waals surface area contributed by atoms with Gasteiger partial charge in [-0.2, -0.15) is 0 Å². The molecule has 2 N–H and O–H groups in total. The van der Waals surface area contributed by atoms with Crippen LogP contribution in [0.15, 0.2) is 24.3 Å². The molecule has 1 heterocycles. The van der Waals surface area contributed by atoms with Crippen molar-refractivity contribution in [2.75, 3.05) is 20.1 Å². The van der Waals surface area contributed by atoms with E-state index in [1.807, 2.05) is 6.07 Å². The molecule has 2 amide bonds. The number of carbonyl (C=O) groups is 3. The van der Waals surface area contributed by atoms with Crippen LogP contribution in [-0.2, 0) is 20.7 Å². The normalized spacial score (nSPS) is 20.5. The van der Waals surface area contributed by atoms with Gasteiger partial charge in [-0.25, -0.2) is 4.79 Å². The SMILES string of the molecule is CNC(=O)c1cccc(CCC(=O)N2CC(C(=O)O)O[C@H](C)C2)c1. The van der Waals surface area contributed by atoms with Crippen molar-refractivity contribution in [2.45, 2.75) is 32.0 Å². The molecule has 0 aliphatic carbocycles. The molecule has 0 aromatic heterocycles. The quantitative estimate of drug-likeness (QED) is 0.825. The van der Waals surface area contributed by atoms with Gasteiger partial charge in [-0.05, 0) is 31.0 Å². The summed E-state index contributed by atoms with van der Waals surface area (Å²) >= 11 is 0. The summed E-state index contributed by atoms with van der Waals surface area (Å²) in [7, 11) is 1.57. The van der Waals surface area contributed by atoms with E-state index in [-0.39, 0.29) is 30.9 Å². The highest BCUT2D eigenvalue weighted by atomic mass is 16.5.